The van der Waals surface area contributed by atoms with Crippen LogP contribution >= 0.6 is 0 Å². The Hall–Kier alpha value is -1.98. The summed E-state index contributed by atoms with van der Waals surface area (Å²) in [4.78, 5) is 33.4. The van der Waals surface area contributed by atoms with Gasteiger partial charge >= 0.3 is 0 Å². The maximum atomic E-state index is 13.0. The van der Waals surface area contributed by atoms with Crippen molar-refractivity contribution in [2.75, 3.05) is 33.7 Å². The van der Waals surface area contributed by atoms with E-state index < -0.39 is 0 Å². The minimum Gasteiger partial charge on any atom is -0.352 e. The van der Waals surface area contributed by atoms with Gasteiger partial charge in [0.25, 0.3) is 0 Å². The number of carbonyl (C=O) groups is 1. The zero-order valence-corrected chi connectivity index (χ0v) is 15.2. The van der Waals surface area contributed by atoms with Crippen molar-refractivity contribution in [2.24, 2.45) is 0 Å². The number of fused-ring (bicyclic) bond motifs is 1. The lowest BCUT2D eigenvalue weighted by Gasteiger charge is -2.17. The highest BCUT2D eigenvalue weighted by molar-refractivity contribution is 5.98. The van der Waals surface area contributed by atoms with Crippen molar-refractivity contribution in [1.82, 2.24) is 14.8 Å². The molecule has 2 heterocycles. The van der Waals surface area contributed by atoms with Crippen molar-refractivity contribution in [3.05, 3.63) is 45.7 Å². The molecule has 1 N–H and O–H groups in total. The summed E-state index contributed by atoms with van der Waals surface area (Å²) in [5.74, 6) is 0.0406. The van der Waals surface area contributed by atoms with E-state index in [1.807, 2.05) is 38.4 Å². The average molecular weight is 341 g/mol. The summed E-state index contributed by atoms with van der Waals surface area (Å²) in [6, 6.07) is 7.46. The van der Waals surface area contributed by atoms with Crippen LogP contribution in [0.2, 0.25) is 0 Å². The van der Waals surface area contributed by atoms with E-state index >= 15 is 0 Å². The van der Waals surface area contributed by atoms with Gasteiger partial charge in [-0.15, -0.1) is 0 Å². The van der Waals surface area contributed by atoms with Crippen LogP contribution in [0.3, 0.4) is 0 Å². The molecule has 1 aliphatic rings. The predicted octanol–water partition coefficient (Wildman–Crippen LogP) is 2.65. The number of likely N-dealkylation sites (tertiary alicyclic amines) is 1. The highest BCUT2D eigenvalue weighted by Gasteiger charge is 2.21. The number of H-pyrrole nitrogens is 1. The number of ketones is 1. The van der Waals surface area contributed by atoms with Gasteiger partial charge in [0.05, 0.1) is 5.69 Å². The molecule has 0 saturated carbocycles. The zero-order chi connectivity index (χ0) is 17.8. The van der Waals surface area contributed by atoms with Crippen LogP contribution in [0.15, 0.2) is 29.1 Å². The van der Waals surface area contributed by atoms with Crippen molar-refractivity contribution < 1.29 is 4.79 Å². The number of aromatic nitrogens is 1. The number of carbonyl (C=O) groups excluding carboxylic acids is 1. The number of benzene rings is 1. The largest absolute Gasteiger partial charge is 0.352 e. The Kier molecular flexibility index (Phi) is 5.66. The number of Topliss-reactive ketones (excluding diaryl/α,β-unsaturated/α-hetero) is 1. The van der Waals surface area contributed by atoms with Crippen LogP contribution in [-0.4, -0.2) is 54.3 Å². The van der Waals surface area contributed by atoms with Crippen molar-refractivity contribution in [2.45, 2.75) is 32.2 Å². The van der Waals surface area contributed by atoms with Crippen LogP contribution in [0.1, 0.15) is 41.7 Å². The van der Waals surface area contributed by atoms with Crippen molar-refractivity contribution >= 4 is 16.7 Å². The van der Waals surface area contributed by atoms with Crippen LogP contribution in [0.4, 0.5) is 0 Å². The van der Waals surface area contributed by atoms with Crippen molar-refractivity contribution in [3.8, 4) is 0 Å². The van der Waals surface area contributed by atoms with Crippen LogP contribution < -0.4 is 5.43 Å². The highest BCUT2D eigenvalue weighted by atomic mass is 16.1. The fraction of sp³-hybridized carbons (Fsp3) is 0.500. The first-order valence-corrected chi connectivity index (χ1v) is 9.10. The summed E-state index contributed by atoms with van der Waals surface area (Å²) in [7, 11) is 4.00. The first-order chi connectivity index (χ1) is 12.1. The molecule has 1 aromatic heterocycles. The SMILES string of the molecule is CN(C)CCCC(=O)c1[nH]c2ccccc2c(=O)c1CN1CCCC1. The highest BCUT2D eigenvalue weighted by Crippen LogP contribution is 2.18. The van der Waals surface area contributed by atoms with Crippen LogP contribution in [0, 0.1) is 0 Å². The second-order valence-electron chi connectivity index (χ2n) is 7.17. The van der Waals surface area contributed by atoms with E-state index in [-0.39, 0.29) is 11.2 Å². The van der Waals surface area contributed by atoms with Gasteiger partial charge in [0.2, 0.25) is 0 Å². The maximum absolute atomic E-state index is 13.0. The molecular formula is C20H27N3O2. The van der Waals surface area contributed by atoms with Gasteiger partial charge in [-0.3, -0.25) is 14.5 Å². The van der Waals surface area contributed by atoms with Crippen molar-refractivity contribution in [1.29, 1.82) is 0 Å². The fourth-order valence-electron chi connectivity index (χ4n) is 3.51. The lowest BCUT2D eigenvalue weighted by Crippen LogP contribution is -2.27. The molecule has 2 aromatic rings. The van der Waals surface area contributed by atoms with E-state index in [1.165, 1.54) is 0 Å². The Labute approximate surface area is 148 Å². The molecule has 0 spiro atoms. The molecule has 1 fully saturated rings. The van der Waals surface area contributed by atoms with E-state index in [0.29, 0.717) is 29.6 Å². The van der Waals surface area contributed by atoms with Gasteiger partial charge in [-0.1, -0.05) is 12.1 Å². The smallest absolute Gasteiger partial charge is 0.194 e. The van der Waals surface area contributed by atoms with E-state index in [1.54, 1.807) is 0 Å². The predicted molar refractivity (Wildman–Crippen MR) is 101 cm³/mol. The Bertz CT molecular complexity index is 804. The second-order valence-corrected chi connectivity index (χ2v) is 7.17. The van der Waals surface area contributed by atoms with Gasteiger partial charge < -0.3 is 9.88 Å². The summed E-state index contributed by atoms with van der Waals surface area (Å²) in [6.45, 7) is 3.43. The number of para-hydroxylation sites is 1. The monoisotopic (exact) mass is 341 g/mol. The van der Waals surface area contributed by atoms with Crippen LogP contribution in [-0.2, 0) is 6.54 Å². The van der Waals surface area contributed by atoms with E-state index in [9.17, 15) is 9.59 Å². The van der Waals surface area contributed by atoms with Gasteiger partial charge in [0, 0.05) is 29.4 Å². The van der Waals surface area contributed by atoms with Crippen LogP contribution in [0.5, 0.6) is 0 Å². The first-order valence-electron chi connectivity index (χ1n) is 9.10. The summed E-state index contributed by atoms with van der Waals surface area (Å²) in [6.07, 6.45) is 3.58. The Morgan fingerprint density at radius 3 is 2.64 bits per heavy atom. The summed E-state index contributed by atoms with van der Waals surface area (Å²) in [5.41, 5.74) is 1.88. The quantitative estimate of drug-likeness (QED) is 0.787. The minimum absolute atomic E-state index is 0.00258. The molecule has 1 saturated heterocycles. The first kappa shape index (κ1) is 17.8. The Morgan fingerprint density at radius 1 is 1.20 bits per heavy atom. The Morgan fingerprint density at radius 2 is 1.92 bits per heavy atom. The molecule has 5 heteroatoms. The average Bonchev–Trinajstić information content (AvgIpc) is 3.10. The standard InChI is InChI=1S/C20H27N3O2/c1-22(2)11-7-10-18(24)19-16(14-23-12-5-6-13-23)20(25)15-8-3-4-9-17(15)21-19/h3-4,8-9H,5-7,10-14H2,1-2H3,(H,21,25). The molecule has 3 rings (SSSR count). The van der Waals surface area contributed by atoms with Gasteiger partial charge in [-0.2, -0.15) is 0 Å². The number of nitrogens with zero attached hydrogens (tertiary/aromatic N) is 2. The molecule has 25 heavy (non-hydrogen) atoms. The molecule has 0 atom stereocenters. The number of rotatable bonds is 7. The molecule has 0 amide bonds. The normalized spacial score (nSPS) is 15.3. The topological polar surface area (TPSA) is 56.4 Å². The summed E-state index contributed by atoms with van der Waals surface area (Å²) < 4.78 is 0. The van der Waals surface area contributed by atoms with Crippen LogP contribution in [0.25, 0.3) is 10.9 Å². The molecule has 134 valence electrons. The Balaban J connectivity index is 1.95. The number of aromatic amines is 1. The molecule has 5 nitrogen and oxygen atoms in total. The third kappa shape index (κ3) is 4.17. The third-order valence-electron chi connectivity index (χ3n) is 4.88. The van der Waals surface area contributed by atoms with Gasteiger partial charge in [-0.25, -0.2) is 0 Å². The number of pyridine rings is 1. The number of hydrogen-bond acceptors (Lipinski definition) is 4. The van der Waals surface area contributed by atoms with Crippen molar-refractivity contribution in [3.63, 3.8) is 0 Å². The summed E-state index contributed by atoms with van der Waals surface area (Å²) >= 11 is 0. The number of nitrogens with one attached hydrogen (secondary N) is 1. The van der Waals surface area contributed by atoms with E-state index in [2.05, 4.69) is 14.8 Å². The lowest BCUT2D eigenvalue weighted by molar-refractivity contribution is 0.0970. The maximum Gasteiger partial charge on any atom is 0.194 e. The molecule has 0 unspecified atom stereocenters. The lowest BCUT2D eigenvalue weighted by atomic mass is 10.0. The fourth-order valence-corrected chi connectivity index (χ4v) is 3.51. The summed E-state index contributed by atoms with van der Waals surface area (Å²) in [5, 5.41) is 0.668. The molecule has 1 aliphatic heterocycles. The number of hydrogen-bond donors (Lipinski definition) is 1. The molecule has 1 aromatic carbocycles. The minimum atomic E-state index is -0.00258. The van der Waals surface area contributed by atoms with E-state index in [4.69, 9.17) is 0 Å². The second kappa shape index (κ2) is 7.93. The van der Waals surface area contributed by atoms with Gasteiger partial charge in [0.1, 0.15) is 0 Å². The molecule has 0 bridgehead atoms. The van der Waals surface area contributed by atoms with Gasteiger partial charge in [0.15, 0.2) is 11.2 Å². The van der Waals surface area contributed by atoms with Gasteiger partial charge in [-0.05, 0) is 65.1 Å². The molecule has 0 radical (unpaired) electrons. The molecular weight excluding hydrogens is 314 g/mol. The third-order valence-corrected chi connectivity index (χ3v) is 4.88. The van der Waals surface area contributed by atoms with E-state index in [0.717, 1.165) is 44.4 Å². The molecule has 0 aliphatic carbocycles. The zero-order valence-electron chi connectivity index (χ0n) is 15.2.